The van der Waals surface area contributed by atoms with Gasteiger partial charge in [0.05, 0.1) is 0 Å². The Hall–Kier alpha value is -0.570. The maximum atomic E-state index is 11.9. The van der Waals surface area contributed by atoms with Crippen LogP contribution in [-0.4, -0.2) is 18.6 Å². The van der Waals surface area contributed by atoms with Gasteiger partial charge in [-0.25, -0.2) is 0 Å². The van der Waals surface area contributed by atoms with Gasteiger partial charge in [-0.1, -0.05) is 27.7 Å². The highest BCUT2D eigenvalue weighted by atomic mass is 16.5. The van der Waals surface area contributed by atoms with Crippen LogP contribution in [0, 0.1) is 22.7 Å². The van der Waals surface area contributed by atoms with Crippen LogP contribution in [0.2, 0.25) is 0 Å². The Morgan fingerprint density at radius 1 is 1.44 bits per heavy atom. The van der Waals surface area contributed by atoms with Gasteiger partial charge in [0.1, 0.15) is 6.10 Å². The average Bonchev–Trinajstić information content (AvgIpc) is 2.61. The lowest BCUT2D eigenvalue weighted by Crippen LogP contribution is -2.38. The molecule has 0 amide bonds. The SMILES string of the molecule is CC(CN)CC(=O)OC1CC2CCC1(C)C2(C)C. The van der Waals surface area contributed by atoms with Gasteiger partial charge in [0.15, 0.2) is 0 Å². The predicted molar refractivity (Wildman–Crippen MR) is 71.9 cm³/mol. The van der Waals surface area contributed by atoms with E-state index in [4.69, 9.17) is 10.5 Å². The van der Waals surface area contributed by atoms with Gasteiger partial charge in [-0.15, -0.1) is 0 Å². The van der Waals surface area contributed by atoms with Crippen molar-refractivity contribution < 1.29 is 9.53 Å². The number of hydrogen-bond donors (Lipinski definition) is 1. The number of fused-ring (bicyclic) bond motifs is 2. The minimum absolute atomic E-state index is 0.0671. The molecule has 0 aromatic carbocycles. The molecule has 2 aliphatic carbocycles. The molecule has 0 aromatic rings. The van der Waals surface area contributed by atoms with Gasteiger partial charge in [0.25, 0.3) is 0 Å². The summed E-state index contributed by atoms with van der Waals surface area (Å²) in [6.45, 7) is 9.51. The van der Waals surface area contributed by atoms with E-state index in [1.54, 1.807) is 0 Å². The third-order valence-electron chi connectivity index (χ3n) is 5.91. The number of carbonyl (C=O) groups excluding carboxylic acids is 1. The number of esters is 1. The van der Waals surface area contributed by atoms with Gasteiger partial charge in [-0.05, 0) is 43.1 Å². The molecule has 4 atom stereocenters. The number of carbonyl (C=O) groups is 1. The lowest BCUT2D eigenvalue weighted by molar-refractivity contribution is -0.157. The Labute approximate surface area is 110 Å². The van der Waals surface area contributed by atoms with E-state index in [0.717, 1.165) is 6.42 Å². The number of rotatable bonds is 4. The van der Waals surface area contributed by atoms with Crippen molar-refractivity contribution in [3.63, 3.8) is 0 Å². The van der Waals surface area contributed by atoms with Crippen LogP contribution in [0.25, 0.3) is 0 Å². The fourth-order valence-corrected chi connectivity index (χ4v) is 3.88. The fraction of sp³-hybridized carbons (Fsp3) is 0.933. The Kier molecular flexibility index (Phi) is 3.48. The topological polar surface area (TPSA) is 52.3 Å². The van der Waals surface area contributed by atoms with Crippen LogP contribution in [0.5, 0.6) is 0 Å². The molecule has 2 rings (SSSR count). The standard InChI is InChI=1S/C15H27NO2/c1-10(9-16)7-13(17)18-12-8-11-5-6-15(12,4)14(11,2)3/h10-12H,5-9,16H2,1-4H3. The quantitative estimate of drug-likeness (QED) is 0.784. The zero-order valence-corrected chi connectivity index (χ0v) is 12.2. The molecule has 0 radical (unpaired) electrons. The van der Waals surface area contributed by atoms with Crippen molar-refractivity contribution >= 4 is 5.97 Å². The zero-order valence-electron chi connectivity index (χ0n) is 12.2. The number of hydrogen-bond acceptors (Lipinski definition) is 3. The summed E-state index contributed by atoms with van der Waals surface area (Å²) in [6.07, 6.45) is 4.09. The first-order valence-electron chi connectivity index (χ1n) is 7.21. The second-order valence-electron chi connectivity index (χ2n) is 7.13. The third-order valence-corrected chi connectivity index (χ3v) is 5.91. The van der Waals surface area contributed by atoms with Crippen molar-refractivity contribution in [1.82, 2.24) is 0 Å². The lowest BCUT2D eigenvalue weighted by atomic mass is 9.70. The molecule has 2 aliphatic rings. The summed E-state index contributed by atoms with van der Waals surface area (Å²) in [5.41, 5.74) is 6.02. The highest BCUT2D eigenvalue weighted by Crippen LogP contribution is 2.66. The minimum atomic E-state index is -0.0671. The number of nitrogens with two attached hydrogens (primary N) is 1. The van der Waals surface area contributed by atoms with Crippen molar-refractivity contribution in [3.05, 3.63) is 0 Å². The Balaban J connectivity index is 1.98. The van der Waals surface area contributed by atoms with Crippen LogP contribution < -0.4 is 5.73 Å². The van der Waals surface area contributed by atoms with Crippen LogP contribution in [0.4, 0.5) is 0 Å². The van der Waals surface area contributed by atoms with Crippen LogP contribution in [0.3, 0.4) is 0 Å². The fourth-order valence-electron chi connectivity index (χ4n) is 3.88. The largest absolute Gasteiger partial charge is 0.462 e. The van der Waals surface area contributed by atoms with E-state index >= 15 is 0 Å². The molecule has 2 N–H and O–H groups in total. The highest BCUT2D eigenvalue weighted by Gasteiger charge is 2.62. The first kappa shape index (κ1) is 13.9. The molecule has 0 aliphatic heterocycles. The molecule has 3 heteroatoms. The van der Waals surface area contributed by atoms with Crippen LogP contribution >= 0.6 is 0 Å². The first-order valence-corrected chi connectivity index (χ1v) is 7.21. The zero-order chi connectivity index (χ0) is 13.6. The van der Waals surface area contributed by atoms with E-state index in [9.17, 15) is 4.79 Å². The van der Waals surface area contributed by atoms with E-state index < -0.39 is 0 Å². The summed E-state index contributed by atoms with van der Waals surface area (Å²) in [7, 11) is 0. The average molecular weight is 253 g/mol. The van der Waals surface area contributed by atoms with E-state index in [2.05, 4.69) is 20.8 Å². The molecule has 2 bridgehead atoms. The van der Waals surface area contributed by atoms with Gasteiger partial charge >= 0.3 is 5.97 Å². The summed E-state index contributed by atoms with van der Waals surface area (Å²) in [5.74, 6) is 0.867. The van der Waals surface area contributed by atoms with Crippen molar-refractivity contribution in [3.8, 4) is 0 Å². The normalized spacial score (nSPS) is 38.7. The Bertz CT molecular complexity index is 339. The molecule has 2 fully saturated rings. The second kappa shape index (κ2) is 4.52. The van der Waals surface area contributed by atoms with Gasteiger partial charge in [0.2, 0.25) is 0 Å². The van der Waals surface area contributed by atoms with Crippen molar-refractivity contribution in [2.75, 3.05) is 6.54 Å². The lowest BCUT2D eigenvalue weighted by Gasteiger charge is -2.38. The maximum absolute atomic E-state index is 11.9. The van der Waals surface area contributed by atoms with Crippen LogP contribution in [0.15, 0.2) is 0 Å². The molecule has 2 saturated carbocycles. The smallest absolute Gasteiger partial charge is 0.306 e. The van der Waals surface area contributed by atoms with E-state index in [-0.39, 0.29) is 23.4 Å². The van der Waals surface area contributed by atoms with Gasteiger partial charge < -0.3 is 10.5 Å². The first-order chi connectivity index (χ1) is 8.31. The summed E-state index contributed by atoms with van der Waals surface area (Å²) in [6, 6.07) is 0. The van der Waals surface area contributed by atoms with Crippen LogP contribution in [-0.2, 0) is 9.53 Å². The monoisotopic (exact) mass is 253 g/mol. The summed E-state index contributed by atoms with van der Waals surface area (Å²) >= 11 is 0. The molecule has 3 nitrogen and oxygen atoms in total. The highest BCUT2D eigenvalue weighted by molar-refractivity contribution is 5.70. The summed E-state index contributed by atoms with van der Waals surface area (Å²) in [5, 5.41) is 0. The molecule has 18 heavy (non-hydrogen) atoms. The Morgan fingerprint density at radius 2 is 2.11 bits per heavy atom. The number of ether oxygens (including phenoxy) is 1. The minimum Gasteiger partial charge on any atom is -0.462 e. The molecule has 104 valence electrons. The molecule has 0 heterocycles. The molecule has 0 aromatic heterocycles. The molecular formula is C15H27NO2. The Morgan fingerprint density at radius 3 is 2.56 bits per heavy atom. The van der Waals surface area contributed by atoms with E-state index in [0.29, 0.717) is 24.3 Å². The van der Waals surface area contributed by atoms with Gasteiger partial charge in [0, 0.05) is 11.8 Å². The van der Waals surface area contributed by atoms with Crippen LogP contribution in [0.1, 0.15) is 53.4 Å². The van der Waals surface area contributed by atoms with Gasteiger partial charge in [-0.3, -0.25) is 4.79 Å². The van der Waals surface area contributed by atoms with Crippen molar-refractivity contribution in [2.45, 2.75) is 59.5 Å². The third kappa shape index (κ3) is 1.97. The summed E-state index contributed by atoms with van der Waals surface area (Å²) in [4.78, 5) is 11.9. The summed E-state index contributed by atoms with van der Waals surface area (Å²) < 4.78 is 5.76. The molecule has 0 spiro atoms. The van der Waals surface area contributed by atoms with E-state index in [1.807, 2.05) is 6.92 Å². The molecular weight excluding hydrogens is 226 g/mol. The van der Waals surface area contributed by atoms with E-state index in [1.165, 1.54) is 12.8 Å². The maximum Gasteiger partial charge on any atom is 0.306 e. The predicted octanol–water partition coefficient (Wildman–Crippen LogP) is 2.73. The van der Waals surface area contributed by atoms with Crippen molar-refractivity contribution in [2.24, 2.45) is 28.4 Å². The second-order valence-corrected chi connectivity index (χ2v) is 7.13. The van der Waals surface area contributed by atoms with Crippen molar-refractivity contribution in [1.29, 1.82) is 0 Å². The molecule has 0 saturated heterocycles. The van der Waals surface area contributed by atoms with Gasteiger partial charge in [-0.2, -0.15) is 0 Å². The molecule has 4 unspecified atom stereocenters.